The molecule has 68 heavy (non-hydrogen) atoms. The van der Waals surface area contributed by atoms with Crippen LogP contribution in [-0.2, 0) is 0 Å². The van der Waals surface area contributed by atoms with Crippen molar-refractivity contribution in [2.45, 2.75) is 39.5 Å². The fourth-order valence-electron chi connectivity index (χ4n) is 10.4. The molecule has 11 aromatic carbocycles. The van der Waals surface area contributed by atoms with Gasteiger partial charge in [0.1, 0.15) is 11.2 Å². The van der Waals surface area contributed by atoms with Crippen molar-refractivity contribution >= 4 is 121 Å². The Morgan fingerprint density at radius 3 is 0.956 bits per heavy atom. The third kappa shape index (κ3) is 6.51. The lowest BCUT2D eigenvalue weighted by Gasteiger charge is -2.26. The highest BCUT2D eigenvalue weighted by Gasteiger charge is 2.22. The molecule has 4 heteroatoms. The molecule has 0 N–H and O–H groups in total. The standard InChI is InChI=1S/C64H48N2O2/c1-39(2)41-13-21-49(22-14-41)65(51-25-17-43-9-5-7-11-45(43)35-51)53-27-31-55-47(37-53)19-29-57-59-33-34-60-58-30-20-48-38-54(28-32-56(48)62(58)68-64(60)63(59)67-61(55)57)66(50-23-15-42(16-24-50)40(3)4)52-26-18-44-10-6-8-12-46(44)36-52/h5-40H,1-4H3. The number of rotatable bonds is 8. The Kier molecular flexibility index (Phi) is 9.20. The van der Waals surface area contributed by atoms with Crippen LogP contribution in [0.3, 0.4) is 0 Å². The van der Waals surface area contributed by atoms with Crippen molar-refractivity contribution in [1.82, 2.24) is 0 Å². The second kappa shape index (κ2) is 15.6. The molecule has 0 fully saturated rings. The van der Waals surface area contributed by atoms with E-state index in [0.29, 0.717) is 11.8 Å². The summed E-state index contributed by atoms with van der Waals surface area (Å²) in [7, 11) is 0. The van der Waals surface area contributed by atoms with Crippen LogP contribution in [0.5, 0.6) is 0 Å². The van der Waals surface area contributed by atoms with E-state index in [1.165, 1.54) is 32.7 Å². The zero-order valence-electron chi connectivity index (χ0n) is 38.5. The Hall–Kier alpha value is -8.34. The van der Waals surface area contributed by atoms with Crippen molar-refractivity contribution in [1.29, 1.82) is 0 Å². The fraction of sp³-hybridized carbons (Fsp3) is 0.0938. The van der Waals surface area contributed by atoms with Crippen LogP contribution in [0.1, 0.15) is 50.7 Å². The van der Waals surface area contributed by atoms with Crippen LogP contribution < -0.4 is 9.80 Å². The molecule has 13 rings (SSSR count). The van der Waals surface area contributed by atoms with Crippen LogP contribution in [0.25, 0.3) is 87.0 Å². The van der Waals surface area contributed by atoms with Gasteiger partial charge in [0.15, 0.2) is 11.2 Å². The van der Waals surface area contributed by atoms with Crippen molar-refractivity contribution in [2.24, 2.45) is 0 Å². The summed E-state index contributed by atoms with van der Waals surface area (Å²) in [5.74, 6) is 0.909. The monoisotopic (exact) mass is 876 g/mol. The van der Waals surface area contributed by atoms with Crippen LogP contribution in [0.15, 0.2) is 215 Å². The zero-order valence-corrected chi connectivity index (χ0v) is 38.5. The number of fused-ring (bicyclic) bond motifs is 13. The van der Waals surface area contributed by atoms with Gasteiger partial charge in [0.2, 0.25) is 0 Å². The first-order valence-corrected chi connectivity index (χ1v) is 23.8. The lowest BCUT2D eigenvalue weighted by molar-refractivity contribution is 0.637. The van der Waals surface area contributed by atoms with Gasteiger partial charge in [-0.25, -0.2) is 0 Å². The Balaban J connectivity index is 0.918. The number of nitrogens with zero attached hydrogens (tertiary/aromatic N) is 2. The molecule has 0 amide bonds. The minimum Gasteiger partial charge on any atom is -0.451 e. The lowest BCUT2D eigenvalue weighted by atomic mass is 10.0. The van der Waals surface area contributed by atoms with E-state index in [9.17, 15) is 0 Å². The fourth-order valence-corrected chi connectivity index (χ4v) is 10.4. The zero-order chi connectivity index (χ0) is 45.6. The van der Waals surface area contributed by atoms with E-state index in [1.807, 2.05) is 0 Å². The van der Waals surface area contributed by atoms with Gasteiger partial charge in [0, 0.05) is 66.4 Å². The van der Waals surface area contributed by atoms with Gasteiger partial charge in [-0.2, -0.15) is 0 Å². The Morgan fingerprint density at radius 2 is 0.559 bits per heavy atom. The highest BCUT2D eigenvalue weighted by atomic mass is 16.4. The average Bonchev–Trinajstić information content (AvgIpc) is 3.96. The van der Waals surface area contributed by atoms with Crippen LogP contribution in [-0.4, -0.2) is 0 Å². The molecule has 0 aliphatic heterocycles. The third-order valence-corrected chi connectivity index (χ3v) is 14.1. The molecular formula is C64H48N2O2. The van der Waals surface area contributed by atoms with Gasteiger partial charge < -0.3 is 18.6 Å². The molecule has 0 saturated heterocycles. The van der Waals surface area contributed by atoms with Gasteiger partial charge in [-0.3, -0.25) is 0 Å². The molecule has 0 spiro atoms. The van der Waals surface area contributed by atoms with E-state index >= 15 is 0 Å². The third-order valence-electron chi connectivity index (χ3n) is 14.1. The Morgan fingerprint density at radius 1 is 0.265 bits per heavy atom. The molecule has 0 saturated carbocycles. The molecule has 13 aromatic rings. The maximum atomic E-state index is 6.96. The number of benzene rings is 11. The number of anilines is 6. The summed E-state index contributed by atoms with van der Waals surface area (Å²) in [5.41, 5.74) is 12.5. The first-order chi connectivity index (χ1) is 33.3. The summed E-state index contributed by atoms with van der Waals surface area (Å²) in [6, 6.07) is 75.2. The summed E-state index contributed by atoms with van der Waals surface area (Å²) >= 11 is 0. The molecule has 0 bridgehead atoms. The largest absolute Gasteiger partial charge is 0.451 e. The van der Waals surface area contributed by atoms with Gasteiger partial charge in [-0.15, -0.1) is 0 Å². The van der Waals surface area contributed by atoms with Crippen molar-refractivity contribution in [3.05, 3.63) is 217 Å². The van der Waals surface area contributed by atoms with Crippen LogP contribution in [0.2, 0.25) is 0 Å². The van der Waals surface area contributed by atoms with Crippen molar-refractivity contribution in [3.8, 4) is 0 Å². The normalized spacial score (nSPS) is 12.1. The van der Waals surface area contributed by atoms with E-state index in [-0.39, 0.29) is 0 Å². The quantitative estimate of drug-likeness (QED) is 0.152. The first kappa shape index (κ1) is 40.0. The second-order valence-electron chi connectivity index (χ2n) is 18.9. The molecule has 4 nitrogen and oxygen atoms in total. The molecule has 0 radical (unpaired) electrons. The topological polar surface area (TPSA) is 32.8 Å². The lowest BCUT2D eigenvalue weighted by Crippen LogP contribution is -2.10. The molecule has 2 aromatic heterocycles. The molecule has 0 aliphatic carbocycles. The molecule has 0 atom stereocenters. The van der Waals surface area contributed by atoms with Crippen LogP contribution >= 0.6 is 0 Å². The van der Waals surface area contributed by atoms with Crippen molar-refractivity contribution in [2.75, 3.05) is 9.80 Å². The Bertz CT molecular complexity index is 3830. The summed E-state index contributed by atoms with van der Waals surface area (Å²) in [6.07, 6.45) is 0. The summed E-state index contributed by atoms with van der Waals surface area (Å²) in [5, 5.41) is 13.4. The van der Waals surface area contributed by atoms with Crippen molar-refractivity contribution in [3.63, 3.8) is 0 Å². The maximum Gasteiger partial charge on any atom is 0.178 e. The molecular weight excluding hydrogens is 829 g/mol. The second-order valence-corrected chi connectivity index (χ2v) is 18.9. The van der Waals surface area contributed by atoms with E-state index < -0.39 is 0 Å². The van der Waals surface area contributed by atoms with Gasteiger partial charge in [0.05, 0.1) is 0 Å². The highest BCUT2D eigenvalue weighted by molar-refractivity contribution is 6.24. The summed E-state index contributed by atoms with van der Waals surface area (Å²) in [6.45, 7) is 8.96. The van der Waals surface area contributed by atoms with Crippen LogP contribution in [0, 0.1) is 0 Å². The van der Waals surface area contributed by atoms with Crippen molar-refractivity contribution < 1.29 is 8.83 Å². The van der Waals surface area contributed by atoms with E-state index in [0.717, 1.165) is 99.5 Å². The molecule has 326 valence electrons. The van der Waals surface area contributed by atoms with Gasteiger partial charge in [-0.1, -0.05) is 125 Å². The summed E-state index contributed by atoms with van der Waals surface area (Å²) < 4.78 is 13.9. The predicted molar refractivity (Wildman–Crippen MR) is 289 cm³/mol. The predicted octanol–water partition coefficient (Wildman–Crippen LogP) is 19.3. The molecule has 2 heterocycles. The molecule has 0 unspecified atom stereocenters. The number of hydrogen-bond donors (Lipinski definition) is 0. The SMILES string of the molecule is CC(C)c1ccc(N(c2ccc3ccccc3c2)c2ccc3c(ccc4c5ccc6c7ccc8cc(N(c9ccc(C(C)C)cc9)c9ccc%10ccccc%10c9)ccc8c7oc6c5oc34)c2)cc1. The minimum atomic E-state index is 0.454. The van der Waals surface area contributed by atoms with Gasteiger partial charge in [0.25, 0.3) is 0 Å². The van der Waals surface area contributed by atoms with Crippen LogP contribution in [0.4, 0.5) is 34.1 Å². The van der Waals surface area contributed by atoms with Gasteiger partial charge >= 0.3 is 0 Å². The average molecular weight is 877 g/mol. The minimum absolute atomic E-state index is 0.454. The smallest absolute Gasteiger partial charge is 0.178 e. The first-order valence-electron chi connectivity index (χ1n) is 23.8. The molecule has 0 aliphatic rings. The summed E-state index contributed by atoms with van der Waals surface area (Å²) in [4.78, 5) is 4.71. The van der Waals surface area contributed by atoms with Gasteiger partial charge in [-0.05, 0) is 164 Å². The van der Waals surface area contributed by atoms with E-state index in [1.54, 1.807) is 0 Å². The Labute approximate surface area is 394 Å². The number of furan rings is 2. The highest BCUT2D eigenvalue weighted by Crippen LogP contribution is 2.45. The maximum absolute atomic E-state index is 6.96. The van der Waals surface area contributed by atoms with E-state index in [4.69, 9.17) is 8.83 Å². The number of hydrogen-bond acceptors (Lipinski definition) is 4. The van der Waals surface area contributed by atoms with E-state index in [2.05, 4.69) is 244 Å².